The monoisotopic (exact) mass is 287 g/mol. The minimum Gasteiger partial charge on any atom is -0.380 e. The molecular formula is C17H25N3O. The molecule has 114 valence electrons. The van der Waals surface area contributed by atoms with Crippen molar-refractivity contribution in [1.82, 2.24) is 4.90 Å². The summed E-state index contributed by atoms with van der Waals surface area (Å²) in [5.41, 5.74) is 3.21. The smallest absolute Gasteiger partial charge is 0.224 e. The van der Waals surface area contributed by atoms with Gasteiger partial charge in [0, 0.05) is 30.4 Å². The third kappa shape index (κ3) is 3.05. The highest BCUT2D eigenvalue weighted by Crippen LogP contribution is 2.31. The van der Waals surface area contributed by atoms with E-state index in [4.69, 9.17) is 0 Å². The summed E-state index contributed by atoms with van der Waals surface area (Å²) < 4.78 is 0. The Morgan fingerprint density at radius 1 is 1.29 bits per heavy atom. The number of benzene rings is 1. The van der Waals surface area contributed by atoms with Crippen LogP contribution in [0.2, 0.25) is 0 Å². The van der Waals surface area contributed by atoms with Crippen LogP contribution in [0.4, 0.5) is 11.4 Å². The van der Waals surface area contributed by atoms with Gasteiger partial charge in [-0.2, -0.15) is 0 Å². The standard InChI is InChI=1S/C17H25N3O/c1-3-17(21)19-15-6-4-5-14(12(15)2)18-16-11-20-9-7-13(16)8-10-20/h4-6,13,16,18H,3,7-11H2,1-2H3,(H,19,21). The summed E-state index contributed by atoms with van der Waals surface area (Å²) in [5, 5.41) is 6.70. The zero-order chi connectivity index (χ0) is 14.8. The Balaban J connectivity index is 1.73. The molecule has 3 fully saturated rings. The van der Waals surface area contributed by atoms with E-state index in [9.17, 15) is 4.79 Å². The fraction of sp³-hybridized carbons (Fsp3) is 0.588. The molecule has 1 atom stereocenters. The van der Waals surface area contributed by atoms with Gasteiger partial charge in [0.1, 0.15) is 0 Å². The first-order chi connectivity index (χ1) is 10.2. The largest absolute Gasteiger partial charge is 0.380 e. The van der Waals surface area contributed by atoms with E-state index in [-0.39, 0.29) is 5.91 Å². The summed E-state index contributed by atoms with van der Waals surface area (Å²) in [7, 11) is 0. The van der Waals surface area contributed by atoms with E-state index in [1.165, 1.54) is 25.9 Å². The van der Waals surface area contributed by atoms with Crippen LogP contribution in [-0.4, -0.2) is 36.5 Å². The van der Waals surface area contributed by atoms with Crippen LogP contribution in [0, 0.1) is 12.8 Å². The molecule has 0 aliphatic carbocycles. The number of piperidine rings is 3. The first-order valence-corrected chi connectivity index (χ1v) is 8.05. The summed E-state index contributed by atoms with van der Waals surface area (Å²) in [6.45, 7) is 7.62. The molecule has 0 saturated carbocycles. The van der Waals surface area contributed by atoms with Crippen molar-refractivity contribution in [3.8, 4) is 0 Å². The van der Waals surface area contributed by atoms with Gasteiger partial charge in [-0.25, -0.2) is 0 Å². The molecule has 4 rings (SSSR count). The molecule has 4 nitrogen and oxygen atoms in total. The second-order valence-electron chi connectivity index (χ2n) is 6.27. The molecule has 3 heterocycles. The third-order valence-corrected chi connectivity index (χ3v) is 4.93. The summed E-state index contributed by atoms with van der Waals surface area (Å²) in [5.74, 6) is 0.862. The van der Waals surface area contributed by atoms with E-state index in [1.54, 1.807) is 0 Å². The fourth-order valence-corrected chi connectivity index (χ4v) is 3.49. The Morgan fingerprint density at radius 2 is 2.00 bits per heavy atom. The minimum absolute atomic E-state index is 0.0677. The lowest BCUT2D eigenvalue weighted by Crippen LogP contribution is -2.53. The SMILES string of the molecule is CCC(=O)Nc1cccc(NC2CN3CCC2CC3)c1C. The lowest BCUT2D eigenvalue weighted by molar-refractivity contribution is -0.115. The molecule has 0 spiro atoms. The fourth-order valence-electron chi connectivity index (χ4n) is 3.49. The number of fused-ring (bicyclic) bond motifs is 3. The van der Waals surface area contributed by atoms with E-state index in [2.05, 4.69) is 28.5 Å². The zero-order valence-corrected chi connectivity index (χ0v) is 13.0. The Kier molecular flexibility index (Phi) is 4.15. The first-order valence-electron chi connectivity index (χ1n) is 8.05. The third-order valence-electron chi connectivity index (χ3n) is 4.93. The van der Waals surface area contributed by atoms with Crippen LogP contribution in [0.15, 0.2) is 18.2 Å². The van der Waals surface area contributed by atoms with Crippen LogP contribution in [-0.2, 0) is 4.79 Å². The Bertz CT molecular complexity index is 521. The van der Waals surface area contributed by atoms with Crippen molar-refractivity contribution >= 4 is 17.3 Å². The molecule has 21 heavy (non-hydrogen) atoms. The van der Waals surface area contributed by atoms with Gasteiger partial charge in [0.05, 0.1) is 0 Å². The second-order valence-corrected chi connectivity index (χ2v) is 6.27. The van der Waals surface area contributed by atoms with Gasteiger partial charge in [0.2, 0.25) is 5.91 Å². The van der Waals surface area contributed by atoms with Gasteiger partial charge >= 0.3 is 0 Å². The molecule has 0 aromatic heterocycles. The Morgan fingerprint density at radius 3 is 2.62 bits per heavy atom. The average molecular weight is 287 g/mol. The normalized spacial score (nSPS) is 27.4. The maximum Gasteiger partial charge on any atom is 0.224 e. The summed E-state index contributed by atoms with van der Waals surface area (Å²) in [6.07, 6.45) is 3.13. The molecule has 3 saturated heterocycles. The molecule has 1 aromatic rings. The number of nitrogens with zero attached hydrogens (tertiary/aromatic N) is 1. The van der Waals surface area contributed by atoms with Gasteiger partial charge in [0.15, 0.2) is 0 Å². The van der Waals surface area contributed by atoms with Crippen molar-refractivity contribution in [2.45, 2.75) is 39.2 Å². The van der Waals surface area contributed by atoms with E-state index in [1.807, 2.05) is 19.1 Å². The molecule has 2 bridgehead atoms. The zero-order valence-electron chi connectivity index (χ0n) is 13.0. The van der Waals surface area contributed by atoms with Crippen molar-refractivity contribution in [3.05, 3.63) is 23.8 Å². The van der Waals surface area contributed by atoms with Crippen LogP contribution in [0.25, 0.3) is 0 Å². The van der Waals surface area contributed by atoms with E-state index in [0.717, 1.165) is 29.4 Å². The molecule has 0 radical (unpaired) electrons. The summed E-state index contributed by atoms with van der Waals surface area (Å²) in [4.78, 5) is 14.2. The van der Waals surface area contributed by atoms with Gasteiger partial charge in [-0.05, 0) is 56.5 Å². The van der Waals surface area contributed by atoms with Gasteiger partial charge in [0.25, 0.3) is 0 Å². The molecule has 3 aliphatic rings. The maximum absolute atomic E-state index is 11.6. The molecule has 1 aromatic carbocycles. The summed E-state index contributed by atoms with van der Waals surface area (Å²) >= 11 is 0. The molecule has 3 aliphatic heterocycles. The van der Waals surface area contributed by atoms with E-state index in [0.29, 0.717) is 12.5 Å². The second kappa shape index (κ2) is 6.06. The number of rotatable bonds is 4. The number of carbonyl (C=O) groups excluding carboxylic acids is 1. The first kappa shape index (κ1) is 14.4. The van der Waals surface area contributed by atoms with Crippen molar-refractivity contribution < 1.29 is 4.79 Å². The highest BCUT2D eigenvalue weighted by Gasteiger charge is 2.34. The van der Waals surface area contributed by atoms with Gasteiger partial charge in [-0.3, -0.25) is 4.79 Å². The van der Waals surface area contributed by atoms with E-state index < -0.39 is 0 Å². The lowest BCUT2D eigenvalue weighted by Gasteiger charge is -2.45. The molecule has 4 heteroatoms. The molecule has 1 amide bonds. The van der Waals surface area contributed by atoms with Crippen molar-refractivity contribution in [1.29, 1.82) is 0 Å². The number of amides is 1. The van der Waals surface area contributed by atoms with Gasteiger partial charge in [-0.15, -0.1) is 0 Å². The van der Waals surface area contributed by atoms with E-state index >= 15 is 0 Å². The average Bonchev–Trinajstić information content (AvgIpc) is 2.52. The van der Waals surface area contributed by atoms with Crippen LogP contribution < -0.4 is 10.6 Å². The minimum atomic E-state index is 0.0677. The predicted octanol–water partition coefficient (Wildman–Crippen LogP) is 2.85. The van der Waals surface area contributed by atoms with Crippen LogP contribution >= 0.6 is 0 Å². The summed E-state index contributed by atoms with van der Waals surface area (Å²) in [6, 6.07) is 6.66. The van der Waals surface area contributed by atoms with Crippen LogP contribution in [0.5, 0.6) is 0 Å². The maximum atomic E-state index is 11.6. The van der Waals surface area contributed by atoms with Crippen molar-refractivity contribution in [2.24, 2.45) is 5.92 Å². The number of hydrogen-bond donors (Lipinski definition) is 2. The highest BCUT2D eigenvalue weighted by atomic mass is 16.1. The number of carbonyl (C=O) groups is 1. The van der Waals surface area contributed by atoms with Crippen LogP contribution in [0.3, 0.4) is 0 Å². The number of nitrogens with one attached hydrogen (secondary N) is 2. The number of hydrogen-bond acceptors (Lipinski definition) is 3. The van der Waals surface area contributed by atoms with Gasteiger partial charge in [-0.1, -0.05) is 13.0 Å². The quantitative estimate of drug-likeness (QED) is 0.895. The van der Waals surface area contributed by atoms with Crippen molar-refractivity contribution in [2.75, 3.05) is 30.3 Å². The highest BCUT2D eigenvalue weighted by molar-refractivity contribution is 5.92. The molecule has 1 unspecified atom stereocenters. The molecule has 2 N–H and O–H groups in total. The topological polar surface area (TPSA) is 44.4 Å². The number of anilines is 2. The Labute approximate surface area is 126 Å². The lowest BCUT2D eigenvalue weighted by atomic mass is 9.84. The van der Waals surface area contributed by atoms with Crippen molar-refractivity contribution in [3.63, 3.8) is 0 Å². The molecular weight excluding hydrogens is 262 g/mol. The Hall–Kier alpha value is -1.55. The predicted molar refractivity (Wildman–Crippen MR) is 86.7 cm³/mol. The van der Waals surface area contributed by atoms with Gasteiger partial charge < -0.3 is 15.5 Å². The van der Waals surface area contributed by atoms with Crippen LogP contribution in [0.1, 0.15) is 31.7 Å².